The quantitative estimate of drug-likeness (QED) is 0.342. The fraction of sp³-hybridized carbons (Fsp3) is 0.618. The topological polar surface area (TPSA) is 59.0 Å². The maximum atomic E-state index is 11.6. The van der Waals surface area contributed by atoms with Crippen molar-refractivity contribution < 1.29 is 19.4 Å². The summed E-state index contributed by atoms with van der Waals surface area (Å²) < 4.78 is 11.6. The maximum Gasteiger partial charge on any atom is 0.308 e. The van der Waals surface area contributed by atoms with E-state index in [1.54, 1.807) is 0 Å². The zero-order valence-electron chi connectivity index (χ0n) is 24.0. The Bertz CT molecular complexity index is 1190. The van der Waals surface area contributed by atoms with E-state index in [-0.39, 0.29) is 22.9 Å². The summed E-state index contributed by atoms with van der Waals surface area (Å²) in [4.78, 5) is 14.1. The number of aryl methyl sites for hydroxylation is 1. The number of esters is 1. The van der Waals surface area contributed by atoms with Gasteiger partial charge in [-0.05, 0) is 128 Å². The van der Waals surface area contributed by atoms with Gasteiger partial charge in [0.1, 0.15) is 18.1 Å². The van der Waals surface area contributed by atoms with E-state index in [0.717, 1.165) is 51.0 Å². The van der Waals surface area contributed by atoms with Crippen LogP contribution in [0.1, 0.15) is 94.2 Å². The molecule has 3 fully saturated rings. The van der Waals surface area contributed by atoms with E-state index in [4.69, 9.17) is 9.47 Å². The summed E-state index contributed by atoms with van der Waals surface area (Å²) >= 11 is 0. The lowest BCUT2D eigenvalue weighted by Gasteiger charge is -2.60. The third-order valence-electron chi connectivity index (χ3n) is 10.9. The van der Waals surface area contributed by atoms with Crippen LogP contribution in [0.25, 0.3) is 0 Å². The minimum atomic E-state index is -0.278. The third kappa shape index (κ3) is 4.91. The van der Waals surface area contributed by atoms with Crippen molar-refractivity contribution in [3.8, 4) is 11.5 Å². The Morgan fingerprint density at radius 2 is 1.74 bits per heavy atom. The lowest BCUT2D eigenvalue weighted by Crippen LogP contribution is -2.52. The maximum absolute atomic E-state index is 11.6. The standard InChI is InChI=1S/C34H45NO4/c1-23(36)39-27-11-12-28-25(21-27)15-16-33(2)30-13-14-31(37)34(30,3)22-29(32(28)33)24-7-9-26(10-8-24)38-20-19-35-17-5-4-6-18-35/h7-12,21,29-32,37H,4-6,13-20,22H2,1-3H3/t29-,30?,31+,32?,33+,34+/m1/s1. The van der Waals surface area contributed by atoms with Crippen molar-refractivity contribution in [1.82, 2.24) is 4.90 Å². The van der Waals surface area contributed by atoms with Crippen LogP contribution in [0.4, 0.5) is 0 Å². The fourth-order valence-corrected chi connectivity index (χ4v) is 9.08. The molecule has 2 saturated carbocycles. The molecule has 1 saturated heterocycles. The van der Waals surface area contributed by atoms with E-state index >= 15 is 0 Å². The highest BCUT2D eigenvalue weighted by molar-refractivity contribution is 5.69. The molecular weight excluding hydrogens is 486 g/mol. The Hall–Kier alpha value is -2.37. The van der Waals surface area contributed by atoms with Crippen molar-refractivity contribution in [3.63, 3.8) is 0 Å². The van der Waals surface area contributed by atoms with Gasteiger partial charge in [0, 0.05) is 13.5 Å². The Kier molecular flexibility index (Phi) is 7.26. The molecule has 1 N–H and O–H groups in total. The van der Waals surface area contributed by atoms with Crippen molar-refractivity contribution in [1.29, 1.82) is 0 Å². The number of benzene rings is 2. The molecule has 0 aromatic heterocycles. The van der Waals surface area contributed by atoms with Gasteiger partial charge in [-0.25, -0.2) is 0 Å². The van der Waals surface area contributed by atoms with Gasteiger partial charge in [-0.3, -0.25) is 9.69 Å². The highest BCUT2D eigenvalue weighted by Crippen LogP contribution is 2.70. The molecule has 4 aliphatic rings. The number of hydrogen-bond acceptors (Lipinski definition) is 5. The first-order valence-electron chi connectivity index (χ1n) is 15.2. The Morgan fingerprint density at radius 1 is 1.00 bits per heavy atom. The van der Waals surface area contributed by atoms with Crippen LogP contribution >= 0.6 is 0 Å². The smallest absolute Gasteiger partial charge is 0.308 e. The molecule has 3 aliphatic carbocycles. The van der Waals surface area contributed by atoms with Crippen molar-refractivity contribution >= 4 is 5.97 Å². The van der Waals surface area contributed by atoms with E-state index in [0.29, 0.717) is 23.5 Å². The fourth-order valence-electron chi connectivity index (χ4n) is 9.08. The molecule has 39 heavy (non-hydrogen) atoms. The Balaban J connectivity index is 1.28. The number of likely N-dealkylation sites (tertiary alicyclic amines) is 1. The molecule has 1 heterocycles. The van der Waals surface area contributed by atoms with E-state index in [9.17, 15) is 9.90 Å². The van der Waals surface area contributed by atoms with E-state index in [2.05, 4.69) is 55.1 Å². The van der Waals surface area contributed by atoms with Gasteiger partial charge in [0.05, 0.1) is 6.10 Å². The summed E-state index contributed by atoms with van der Waals surface area (Å²) in [5.74, 6) is 2.48. The van der Waals surface area contributed by atoms with Gasteiger partial charge in [0.25, 0.3) is 0 Å². The average molecular weight is 532 g/mol. The second-order valence-corrected chi connectivity index (χ2v) is 13.2. The van der Waals surface area contributed by atoms with Crippen molar-refractivity contribution in [3.05, 3.63) is 59.2 Å². The molecule has 2 unspecified atom stereocenters. The lowest BCUT2D eigenvalue weighted by atomic mass is 9.44. The van der Waals surface area contributed by atoms with Crippen LogP contribution < -0.4 is 9.47 Å². The molecule has 5 nitrogen and oxygen atoms in total. The van der Waals surface area contributed by atoms with Crippen LogP contribution in [0.15, 0.2) is 42.5 Å². The summed E-state index contributed by atoms with van der Waals surface area (Å²) in [5, 5.41) is 11.2. The molecule has 210 valence electrons. The van der Waals surface area contributed by atoms with Crippen LogP contribution in [-0.2, 0) is 11.2 Å². The number of nitrogens with zero attached hydrogens (tertiary/aromatic N) is 1. The molecule has 0 spiro atoms. The highest BCUT2D eigenvalue weighted by atomic mass is 16.5. The van der Waals surface area contributed by atoms with E-state index in [1.165, 1.54) is 56.0 Å². The number of hydrogen-bond donors (Lipinski definition) is 1. The Morgan fingerprint density at radius 3 is 2.49 bits per heavy atom. The van der Waals surface area contributed by atoms with E-state index in [1.807, 2.05) is 6.07 Å². The van der Waals surface area contributed by atoms with Gasteiger partial charge < -0.3 is 14.6 Å². The summed E-state index contributed by atoms with van der Waals surface area (Å²) in [6.07, 6.45) is 8.78. The van der Waals surface area contributed by atoms with Gasteiger partial charge >= 0.3 is 5.97 Å². The predicted molar refractivity (Wildman–Crippen MR) is 153 cm³/mol. The zero-order chi connectivity index (χ0) is 27.2. The molecule has 0 radical (unpaired) electrons. The largest absolute Gasteiger partial charge is 0.492 e. The monoisotopic (exact) mass is 531 g/mol. The van der Waals surface area contributed by atoms with Crippen LogP contribution in [0.3, 0.4) is 0 Å². The number of carbonyl (C=O) groups excluding carboxylic acids is 1. The number of rotatable bonds is 6. The second-order valence-electron chi connectivity index (χ2n) is 13.2. The Labute approximate surface area is 233 Å². The molecule has 6 rings (SSSR count). The van der Waals surface area contributed by atoms with Crippen molar-refractivity contribution in [2.24, 2.45) is 16.7 Å². The number of aliphatic hydroxyl groups is 1. The van der Waals surface area contributed by atoms with Gasteiger partial charge in [0.15, 0.2) is 0 Å². The van der Waals surface area contributed by atoms with Crippen LogP contribution in [-0.4, -0.2) is 48.3 Å². The number of ether oxygens (including phenoxy) is 2. The van der Waals surface area contributed by atoms with Gasteiger partial charge in [0.2, 0.25) is 0 Å². The summed E-state index contributed by atoms with van der Waals surface area (Å²) in [5.41, 5.74) is 4.07. The third-order valence-corrected chi connectivity index (χ3v) is 10.9. The van der Waals surface area contributed by atoms with Gasteiger partial charge in [-0.15, -0.1) is 0 Å². The SMILES string of the molecule is CC(=O)Oc1ccc2c(c1)CC[C@]1(C)C2[C@@H](c2ccc(OCCN3CCCCC3)cc2)C[C@@]2(C)C1CC[C@@H]2O. The van der Waals surface area contributed by atoms with Crippen LogP contribution in [0, 0.1) is 16.7 Å². The number of carbonyl (C=O) groups is 1. The first kappa shape index (κ1) is 26.8. The second kappa shape index (κ2) is 10.6. The molecule has 2 aromatic carbocycles. The average Bonchev–Trinajstić information content (AvgIpc) is 3.23. The predicted octanol–water partition coefficient (Wildman–Crippen LogP) is 6.48. The number of piperidine rings is 1. The summed E-state index contributed by atoms with van der Waals surface area (Å²) in [6.45, 7) is 10.4. The lowest BCUT2D eigenvalue weighted by molar-refractivity contribution is -0.131. The minimum Gasteiger partial charge on any atom is -0.492 e. The molecule has 0 amide bonds. The summed E-state index contributed by atoms with van der Waals surface area (Å²) in [7, 11) is 0. The normalized spacial score (nSPS) is 34.1. The number of fused-ring (bicyclic) bond motifs is 5. The van der Waals surface area contributed by atoms with Crippen molar-refractivity contribution in [2.45, 2.75) is 90.1 Å². The molecule has 0 bridgehead atoms. The van der Waals surface area contributed by atoms with Crippen LogP contribution in [0.5, 0.6) is 11.5 Å². The first-order chi connectivity index (χ1) is 18.8. The molecule has 1 aliphatic heterocycles. The molecule has 6 atom stereocenters. The molecule has 5 heteroatoms. The van der Waals surface area contributed by atoms with Gasteiger partial charge in [-0.1, -0.05) is 38.5 Å². The molecular formula is C34H45NO4. The van der Waals surface area contributed by atoms with E-state index < -0.39 is 0 Å². The van der Waals surface area contributed by atoms with Gasteiger partial charge in [-0.2, -0.15) is 0 Å². The number of aliphatic hydroxyl groups excluding tert-OH is 1. The minimum absolute atomic E-state index is 0.0747. The first-order valence-corrected chi connectivity index (χ1v) is 15.2. The van der Waals surface area contributed by atoms with Crippen LogP contribution in [0.2, 0.25) is 0 Å². The van der Waals surface area contributed by atoms with Crippen molar-refractivity contribution in [2.75, 3.05) is 26.2 Å². The molecule has 2 aromatic rings. The summed E-state index contributed by atoms with van der Waals surface area (Å²) in [6, 6.07) is 15.1. The zero-order valence-corrected chi connectivity index (χ0v) is 24.0. The highest BCUT2D eigenvalue weighted by Gasteiger charge is 2.62.